The lowest BCUT2D eigenvalue weighted by Gasteiger charge is -2.07. The van der Waals surface area contributed by atoms with E-state index in [0.29, 0.717) is 0 Å². The minimum absolute atomic E-state index is 0.125. The maximum atomic E-state index is 13.2. The van der Waals surface area contributed by atoms with Crippen molar-refractivity contribution < 1.29 is 14.4 Å². The maximum absolute atomic E-state index is 13.2. The summed E-state index contributed by atoms with van der Waals surface area (Å²) >= 11 is 0. The van der Waals surface area contributed by atoms with Crippen molar-refractivity contribution in [3.8, 4) is 6.07 Å². The SMILES string of the molecule is N#CCCc1c(F)cccc1B(O)O. The summed E-state index contributed by atoms with van der Waals surface area (Å²) in [5, 5.41) is 26.2. The molecule has 1 aromatic carbocycles. The van der Waals surface area contributed by atoms with Crippen molar-refractivity contribution in [1.29, 1.82) is 5.26 Å². The molecule has 0 unspecified atom stereocenters. The van der Waals surface area contributed by atoms with Crippen LogP contribution in [0.25, 0.3) is 0 Å². The minimum Gasteiger partial charge on any atom is -0.423 e. The Morgan fingerprint density at radius 3 is 2.71 bits per heavy atom. The molecule has 0 atom stereocenters. The van der Waals surface area contributed by atoms with Gasteiger partial charge in [0.1, 0.15) is 5.82 Å². The highest BCUT2D eigenvalue weighted by Crippen LogP contribution is 2.07. The molecule has 0 saturated heterocycles. The Labute approximate surface area is 81.6 Å². The second-order valence-corrected chi connectivity index (χ2v) is 2.84. The van der Waals surface area contributed by atoms with E-state index in [1.165, 1.54) is 18.2 Å². The molecule has 0 spiro atoms. The van der Waals surface area contributed by atoms with Crippen LogP contribution in [0.5, 0.6) is 0 Å². The number of benzene rings is 1. The summed E-state index contributed by atoms with van der Waals surface area (Å²) < 4.78 is 13.2. The van der Waals surface area contributed by atoms with Crippen molar-refractivity contribution in [2.75, 3.05) is 0 Å². The molecule has 0 fully saturated rings. The summed E-state index contributed by atoms with van der Waals surface area (Å²) in [5.41, 5.74) is 0.323. The van der Waals surface area contributed by atoms with Gasteiger partial charge in [0, 0.05) is 6.42 Å². The lowest BCUT2D eigenvalue weighted by Crippen LogP contribution is -2.33. The van der Waals surface area contributed by atoms with Crippen LogP contribution in [0.15, 0.2) is 18.2 Å². The number of nitrogens with zero attached hydrogens (tertiary/aromatic N) is 1. The van der Waals surface area contributed by atoms with Crippen LogP contribution in [0, 0.1) is 17.1 Å². The second-order valence-electron chi connectivity index (χ2n) is 2.84. The molecule has 1 aromatic rings. The van der Waals surface area contributed by atoms with Crippen LogP contribution >= 0.6 is 0 Å². The van der Waals surface area contributed by atoms with Gasteiger partial charge in [-0.1, -0.05) is 12.1 Å². The van der Waals surface area contributed by atoms with Crippen LogP contribution in [-0.2, 0) is 6.42 Å². The van der Waals surface area contributed by atoms with Crippen molar-refractivity contribution in [2.45, 2.75) is 12.8 Å². The summed E-state index contributed by atoms with van der Waals surface area (Å²) in [7, 11) is -1.70. The number of rotatable bonds is 3. The van der Waals surface area contributed by atoms with Gasteiger partial charge in [-0.3, -0.25) is 0 Å². The fourth-order valence-corrected chi connectivity index (χ4v) is 1.26. The van der Waals surface area contributed by atoms with Crippen LogP contribution in [0.2, 0.25) is 0 Å². The largest absolute Gasteiger partial charge is 0.488 e. The van der Waals surface area contributed by atoms with E-state index in [1.54, 1.807) is 0 Å². The highest BCUT2D eigenvalue weighted by molar-refractivity contribution is 6.59. The molecule has 14 heavy (non-hydrogen) atoms. The van der Waals surface area contributed by atoms with Crippen molar-refractivity contribution in [3.05, 3.63) is 29.6 Å². The van der Waals surface area contributed by atoms with E-state index in [2.05, 4.69) is 0 Å². The predicted molar refractivity (Wildman–Crippen MR) is 50.2 cm³/mol. The Balaban J connectivity index is 3.04. The smallest absolute Gasteiger partial charge is 0.423 e. The third-order valence-electron chi connectivity index (χ3n) is 1.92. The Bertz CT molecular complexity index is 362. The predicted octanol–water partition coefficient (Wildman–Crippen LogP) is -0.0383. The molecule has 72 valence electrons. The van der Waals surface area contributed by atoms with Crippen LogP contribution < -0.4 is 5.46 Å². The molecular formula is C9H9BFNO2. The van der Waals surface area contributed by atoms with E-state index in [1.807, 2.05) is 6.07 Å². The molecule has 0 aliphatic rings. The second kappa shape index (κ2) is 4.75. The highest BCUT2D eigenvalue weighted by Gasteiger charge is 2.17. The Morgan fingerprint density at radius 1 is 1.43 bits per heavy atom. The summed E-state index contributed by atoms with van der Waals surface area (Å²) in [4.78, 5) is 0. The Morgan fingerprint density at radius 2 is 2.14 bits per heavy atom. The van der Waals surface area contributed by atoms with Gasteiger partial charge in [-0.25, -0.2) is 4.39 Å². The summed E-state index contributed by atoms with van der Waals surface area (Å²) in [6.45, 7) is 0. The van der Waals surface area contributed by atoms with Gasteiger partial charge in [0.25, 0.3) is 0 Å². The molecule has 0 aliphatic carbocycles. The molecule has 0 aliphatic heterocycles. The molecule has 0 radical (unpaired) electrons. The third kappa shape index (κ3) is 2.31. The van der Waals surface area contributed by atoms with Crippen LogP contribution in [0.1, 0.15) is 12.0 Å². The van der Waals surface area contributed by atoms with Crippen molar-refractivity contribution in [3.63, 3.8) is 0 Å². The van der Waals surface area contributed by atoms with Crippen molar-refractivity contribution in [2.24, 2.45) is 0 Å². The van der Waals surface area contributed by atoms with Gasteiger partial charge in [0.05, 0.1) is 6.07 Å². The monoisotopic (exact) mass is 193 g/mol. The van der Waals surface area contributed by atoms with Gasteiger partial charge in [-0.15, -0.1) is 0 Å². The molecule has 0 saturated carbocycles. The molecule has 5 heteroatoms. The number of hydrogen-bond donors (Lipinski definition) is 2. The van der Waals surface area contributed by atoms with Gasteiger partial charge in [-0.2, -0.15) is 5.26 Å². The van der Waals surface area contributed by atoms with Gasteiger partial charge in [-0.05, 0) is 23.5 Å². The molecule has 0 aromatic heterocycles. The maximum Gasteiger partial charge on any atom is 0.488 e. The van der Waals surface area contributed by atoms with E-state index in [4.69, 9.17) is 15.3 Å². The zero-order chi connectivity index (χ0) is 10.6. The fraction of sp³-hybridized carbons (Fsp3) is 0.222. The first-order valence-corrected chi connectivity index (χ1v) is 4.17. The van der Waals surface area contributed by atoms with E-state index in [0.717, 1.165) is 0 Å². The van der Waals surface area contributed by atoms with Crippen LogP contribution in [-0.4, -0.2) is 17.2 Å². The van der Waals surface area contributed by atoms with E-state index in [-0.39, 0.29) is 23.9 Å². The molecule has 0 amide bonds. The minimum atomic E-state index is -1.70. The molecule has 2 N–H and O–H groups in total. The standard InChI is InChI=1S/C9H9BFNO2/c11-9-5-1-4-8(10(13)14)7(9)3-2-6-12/h1,4-5,13-14H,2-3H2. The first kappa shape index (κ1) is 10.7. The average Bonchev–Trinajstić information content (AvgIpc) is 2.15. The summed E-state index contributed by atoms with van der Waals surface area (Å²) in [6, 6.07) is 5.95. The molecule has 1 rings (SSSR count). The van der Waals surface area contributed by atoms with E-state index < -0.39 is 12.9 Å². The lowest BCUT2D eigenvalue weighted by molar-refractivity contribution is 0.424. The zero-order valence-electron chi connectivity index (χ0n) is 7.44. The average molecular weight is 193 g/mol. The van der Waals surface area contributed by atoms with Gasteiger partial charge < -0.3 is 10.0 Å². The quantitative estimate of drug-likeness (QED) is 0.662. The Hall–Kier alpha value is -1.38. The topological polar surface area (TPSA) is 64.2 Å². The van der Waals surface area contributed by atoms with Gasteiger partial charge in [0.2, 0.25) is 0 Å². The fourth-order valence-electron chi connectivity index (χ4n) is 1.26. The van der Waals surface area contributed by atoms with Gasteiger partial charge >= 0.3 is 7.12 Å². The van der Waals surface area contributed by atoms with E-state index in [9.17, 15) is 4.39 Å². The molecule has 0 bridgehead atoms. The Kier molecular flexibility index (Phi) is 3.63. The third-order valence-corrected chi connectivity index (χ3v) is 1.92. The van der Waals surface area contributed by atoms with Crippen LogP contribution in [0.3, 0.4) is 0 Å². The normalized spacial score (nSPS) is 9.57. The van der Waals surface area contributed by atoms with Crippen molar-refractivity contribution >= 4 is 12.6 Å². The number of hydrogen-bond acceptors (Lipinski definition) is 3. The molecule has 0 heterocycles. The lowest BCUT2D eigenvalue weighted by atomic mass is 9.76. The summed E-state index contributed by atoms with van der Waals surface area (Å²) in [6.07, 6.45) is 0.344. The first-order valence-electron chi connectivity index (χ1n) is 4.17. The molecule has 3 nitrogen and oxygen atoms in total. The number of nitriles is 1. The number of halogens is 1. The van der Waals surface area contributed by atoms with Gasteiger partial charge in [0.15, 0.2) is 0 Å². The summed E-state index contributed by atoms with van der Waals surface area (Å²) in [5.74, 6) is -0.508. The van der Waals surface area contributed by atoms with Crippen molar-refractivity contribution in [1.82, 2.24) is 0 Å². The first-order chi connectivity index (χ1) is 6.66. The highest BCUT2D eigenvalue weighted by atomic mass is 19.1. The van der Waals surface area contributed by atoms with Crippen LogP contribution in [0.4, 0.5) is 4.39 Å². The molecular weight excluding hydrogens is 184 g/mol. The zero-order valence-corrected chi connectivity index (χ0v) is 7.44. The van der Waals surface area contributed by atoms with E-state index >= 15 is 0 Å².